The first-order valence-corrected chi connectivity index (χ1v) is 7.52. The maximum atomic E-state index is 11.9. The topological polar surface area (TPSA) is 55.4 Å². The van der Waals surface area contributed by atoms with Crippen LogP contribution in [-0.2, 0) is 16.1 Å². The van der Waals surface area contributed by atoms with Gasteiger partial charge in [-0.15, -0.1) is 11.3 Å². The fourth-order valence-corrected chi connectivity index (χ4v) is 2.31. The SMILES string of the molecule is Cc1ccc(CNC(=O)[C@H](C)OC(=O)c2cccs2)cc1. The van der Waals surface area contributed by atoms with Crippen LogP contribution in [0.5, 0.6) is 0 Å². The molecule has 0 aliphatic heterocycles. The third kappa shape index (κ3) is 4.43. The van der Waals surface area contributed by atoms with Crippen molar-refractivity contribution >= 4 is 23.2 Å². The van der Waals surface area contributed by atoms with Crippen LogP contribution < -0.4 is 5.32 Å². The van der Waals surface area contributed by atoms with E-state index in [2.05, 4.69) is 5.32 Å². The molecule has 1 amide bonds. The molecule has 1 aromatic heterocycles. The van der Waals surface area contributed by atoms with Gasteiger partial charge in [0.05, 0.1) is 0 Å². The highest BCUT2D eigenvalue weighted by atomic mass is 32.1. The smallest absolute Gasteiger partial charge is 0.349 e. The molecule has 110 valence electrons. The summed E-state index contributed by atoms with van der Waals surface area (Å²) in [5.74, 6) is -0.775. The van der Waals surface area contributed by atoms with Crippen molar-refractivity contribution in [1.29, 1.82) is 0 Å². The molecule has 0 radical (unpaired) electrons. The largest absolute Gasteiger partial charge is 0.448 e. The quantitative estimate of drug-likeness (QED) is 0.864. The summed E-state index contributed by atoms with van der Waals surface area (Å²) in [6.45, 7) is 3.99. The molecule has 5 heteroatoms. The zero-order valence-electron chi connectivity index (χ0n) is 12.0. The van der Waals surface area contributed by atoms with Crippen LogP contribution in [-0.4, -0.2) is 18.0 Å². The Morgan fingerprint density at radius 2 is 1.95 bits per heavy atom. The number of aryl methyl sites for hydroxylation is 1. The zero-order valence-corrected chi connectivity index (χ0v) is 12.8. The van der Waals surface area contributed by atoms with E-state index in [0.29, 0.717) is 11.4 Å². The van der Waals surface area contributed by atoms with Crippen molar-refractivity contribution in [2.24, 2.45) is 0 Å². The lowest BCUT2D eigenvalue weighted by Crippen LogP contribution is -2.35. The van der Waals surface area contributed by atoms with Crippen LogP contribution in [0.25, 0.3) is 0 Å². The molecule has 0 fully saturated rings. The van der Waals surface area contributed by atoms with Crippen molar-refractivity contribution < 1.29 is 14.3 Å². The molecule has 21 heavy (non-hydrogen) atoms. The molecular formula is C16H17NO3S. The van der Waals surface area contributed by atoms with Crippen molar-refractivity contribution in [1.82, 2.24) is 5.32 Å². The molecule has 1 atom stereocenters. The minimum absolute atomic E-state index is 0.305. The number of rotatable bonds is 5. The van der Waals surface area contributed by atoms with Crippen LogP contribution in [0, 0.1) is 6.92 Å². The van der Waals surface area contributed by atoms with Crippen molar-refractivity contribution in [3.8, 4) is 0 Å². The highest BCUT2D eigenvalue weighted by molar-refractivity contribution is 7.11. The van der Waals surface area contributed by atoms with Crippen LogP contribution >= 0.6 is 11.3 Å². The van der Waals surface area contributed by atoms with Gasteiger partial charge in [0, 0.05) is 6.54 Å². The molecule has 0 unspecified atom stereocenters. The molecule has 0 spiro atoms. The van der Waals surface area contributed by atoms with Crippen molar-refractivity contribution in [2.45, 2.75) is 26.5 Å². The maximum absolute atomic E-state index is 11.9. The number of carbonyl (C=O) groups excluding carboxylic acids is 2. The average Bonchev–Trinajstić information content (AvgIpc) is 3.00. The Bertz CT molecular complexity index is 605. The van der Waals surface area contributed by atoms with Gasteiger partial charge < -0.3 is 10.1 Å². The molecule has 4 nitrogen and oxygen atoms in total. The van der Waals surface area contributed by atoms with Crippen molar-refractivity contribution in [3.63, 3.8) is 0 Å². The second kappa shape index (κ2) is 7.04. The van der Waals surface area contributed by atoms with Crippen LogP contribution in [0.2, 0.25) is 0 Å². The molecular weight excluding hydrogens is 286 g/mol. The molecule has 0 saturated heterocycles. The van der Waals surface area contributed by atoms with Gasteiger partial charge in [-0.05, 0) is 30.9 Å². The highest BCUT2D eigenvalue weighted by Crippen LogP contribution is 2.11. The molecule has 2 rings (SSSR count). The lowest BCUT2D eigenvalue weighted by atomic mass is 10.1. The lowest BCUT2D eigenvalue weighted by Gasteiger charge is -2.13. The third-order valence-corrected chi connectivity index (χ3v) is 3.81. The number of esters is 1. The van der Waals surface area contributed by atoms with Crippen molar-refractivity contribution in [3.05, 3.63) is 57.8 Å². The Balaban J connectivity index is 1.82. The third-order valence-electron chi connectivity index (χ3n) is 2.96. The first-order chi connectivity index (χ1) is 10.1. The fourth-order valence-electron chi connectivity index (χ4n) is 1.71. The number of thiophene rings is 1. The predicted molar refractivity (Wildman–Crippen MR) is 82.2 cm³/mol. The number of hydrogen-bond acceptors (Lipinski definition) is 4. The summed E-state index contributed by atoms with van der Waals surface area (Å²) in [4.78, 5) is 24.1. The Labute approximate surface area is 127 Å². The zero-order chi connectivity index (χ0) is 15.2. The second-order valence-electron chi connectivity index (χ2n) is 4.73. The van der Waals surface area contributed by atoms with Gasteiger partial charge in [-0.3, -0.25) is 4.79 Å². The Hall–Kier alpha value is -2.14. The average molecular weight is 303 g/mol. The number of nitrogens with one attached hydrogen (secondary N) is 1. The molecule has 0 aliphatic rings. The van der Waals surface area contributed by atoms with E-state index in [0.717, 1.165) is 5.56 Å². The van der Waals surface area contributed by atoms with Crippen LogP contribution in [0.1, 0.15) is 27.7 Å². The number of benzene rings is 1. The van der Waals surface area contributed by atoms with Gasteiger partial charge >= 0.3 is 5.97 Å². The van der Waals surface area contributed by atoms with Gasteiger partial charge in [0.15, 0.2) is 6.10 Å². The van der Waals surface area contributed by atoms with E-state index in [9.17, 15) is 9.59 Å². The normalized spacial score (nSPS) is 11.7. The van der Waals surface area contributed by atoms with E-state index in [-0.39, 0.29) is 5.91 Å². The molecule has 1 N–H and O–H groups in total. The van der Waals surface area contributed by atoms with Gasteiger partial charge in [-0.25, -0.2) is 4.79 Å². The van der Waals surface area contributed by atoms with Crippen LogP contribution in [0.4, 0.5) is 0 Å². The number of carbonyl (C=O) groups is 2. The number of amides is 1. The van der Waals surface area contributed by atoms with Crippen LogP contribution in [0.3, 0.4) is 0 Å². The van der Waals surface area contributed by atoms with Gasteiger partial charge in [0.1, 0.15) is 4.88 Å². The van der Waals surface area contributed by atoms with Gasteiger partial charge in [0.2, 0.25) is 0 Å². The summed E-state index contributed by atoms with van der Waals surface area (Å²) in [6.07, 6.45) is -0.815. The molecule has 1 heterocycles. The Morgan fingerprint density at radius 1 is 1.24 bits per heavy atom. The summed E-state index contributed by atoms with van der Waals surface area (Å²) in [5.41, 5.74) is 2.18. The summed E-state index contributed by atoms with van der Waals surface area (Å²) < 4.78 is 5.12. The minimum Gasteiger partial charge on any atom is -0.448 e. The van der Waals surface area contributed by atoms with E-state index < -0.39 is 12.1 Å². The first kappa shape index (κ1) is 15.3. The lowest BCUT2D eigenvalue weighted by molar-refractivity contribution is -0.129. The molecule has 2 aromatic rings. The van der Waals surface area contributed by atoms with E-state index in [1.807, 2.05) is 31.2 Å². The predicted octanol–water partition coefficient (Wildman–Crippen LogP) is 2.92. The maximum Gasteiger partial charge on any atom is 0.349 e. The standard InChI is InChI=1S/C16H17NO3S/c1-11-5-7-13(8-6-11)10-17-15(18)12(2)20-16(19)14-4-3-9-21-14/h3-9,12H,10H2,1-2H3,(H,17,18)/t12-/m0/s1. The van der Waals surface area contributed by atoms with Crippen molar-refractivity contribution in [2.75, 3.05) is 0 Å². The second-order valence-corrected chi connectivity index (χ2v) is 5.68. The molecule has 0 aliphatic carbocycles. The van der Waals surface area contributed by atoms with E-state index in [1.165, 1.54) is 16.9 Å². The minimum atomic E-state index is -0.815. The van der Waals surface area contributed by atoms with E-state index in [4.69, 9.17) is 4.74 Å². The number of ether oxygens (including phenoxy) is 1. The monoisotopic (exact) mass is 303 g/mol. The van der Waals surface area contributed by atoms with Gasteiger partial charge in [-0.1, -0.05) is 35.9 Å². The first-order valence-electron chi connectivity index (χ1n) is 6.64. The number of hydrogen-bond donors (Lipinski definition) is 1. The summed E-state index contributed by atoms with van der Waals surface area (Å²) in [6, 6.07) is 11.3. The van der Waals surface area contributed by atoms with E-state index in [1.54, 1.807) is 24.4 Å². The molecule has 1 aromatic carbocycles. The van der Waals surface area contributed by atoms with Crippen LogP contribution in [0.15, 0.2) is 41.8 Å². The van der Waals surface area contributed by atoms with Gasteiger partial charge in [-0.2, -0.15) is 0 Å². The summed E-state index contributed by atoms with van der Waals surface area (Å²) in [5, 5.41) is 4.55. The molecule has 0 bridgehead atoms. The Kier molecular flexibility index (Phi) is 5.11. The fraction of sp³-hybridized carbons (Fsp3) is 0.250. The summed E-state index contributed by atoms with van der Waals surface area (Å²) in [7, 11) is 0. The highest BCUT2D eigenvalue weighted by Gasteiger charge is 2.19. The van der Waals surface area contributed by atoms with E-state index >= 15 is 0 Å². The Morgan fingerprint density at radius 3 is 2.57 bits per heavy atom. The summed E-state index contributed by atoms with van der Waals surface area (Å²) >= 11 is 1.29. The molecule has 0 saturated carbocycles. The van der Waals surface area contributed by atoms with Gasteiger partial charge in [0.25, 0.3) is 5.91 Å².